The highest BCUT2D eigenvalue weighted by Crippen LogP contribution is 2.34. The average molecular weight is 485 g/mol. The maximum atomic E-state index is 13.8. The van der Waals surface area contributed by atoms with Crippen LogP contribution in [0.4, 0.5) is 8.78 Å². The molecule has 0 aliphatic heterocycles. The Balaban J connectivity index is 2.28. The van der Waals surface area contributed by atoms with E-state index in [2.05, 4.69) is 21.2 Å². The zero-order valence-electron chi connectivity index (χ0n) is 11.7. The van der Waals surface area contributed by atoms with Gasteiger partial charge in [0.05, 0.1) is 26.4 Å². The van der Waals surface area contributed by atoms with Gasteiger partial charge in [-0.05, 0) is 7.97 Å². The van der Waals surface area contributed by atoms with Crippen LogP contribution in [0.15, 0.2) is 12.1 Å². The Hall–Kier alpha value is 0.520. The van der Waals surface area contributed by atoms with Crippen molar-refractivity contribution in [1.82, 2.24) is 0 Å². The lowest BCUT2D eigenvalue weighted by Gasteiger charge is -2.10. The summed E-state index contributed by atoms with van der Waals surface area (Å²) in [4.78, 5) is 0. The minimum Gasteiger partial charge on any atom is -0.491 e. The Bertz CT molecular complexity index is 421. The molecule has 0 unspecified atom stereocenters. The fourth-order valence-electron chi connectivity index (χ4n) is 1.48. The molecule has 0 aromatic heterocycles. The Morgan fingerprint density at radius 3 is 2.18 bits per heavy atom. The van der Waals surface area contributed by atoms with Crippen LogP contribution < -0.4 is 4.74 Å². The number of rotatable bonds is 12. The highest BCUT2D eigenvalue weighted by molar-refractivity contribution is 14.2. The summed E-state index contributed by atoms with van der Waals surface area (Å²) in [5.41, 5.74) is 0.0641. The molecule has 0 aliphatic carbocycles. The molecule has 0 radical (unpaired) electrons. The summed E-state index contributed by atoms with van der Waals surface area (Å²) in [5.74, 6) is -0.304. The van der Waals surface area contributed by atoms with E-state index >= 15 is 0 Å². The number of alkyl halides is 1. The summed E-state index contributed by atoms with van der Waals surface area (Å²) in [7, 11) is 2.80. The maximum Gasteiger partial charge on any atom is 0.133 e. The minimum atomic E-state index is -0.594. The third-order valence-corrected chi connectivity index (χ3v) is 6.01. The molecule has 0 N–H and O–H groups in total. The Labute approximate surface area is 153 Å². The third kappa shape index (κ3) is 8.39. The van der Waals surface area contributed by atoms with Crippen LogP contribution in [-0.2, 0) is 15.2 Å². The van der Waals surface area contributed by atoms with Crippen molar-refractivity contribution in [3.8, 4) is 5.75 Å². The van der Waals surface area contributed by atoms with E-state index in [1.165, 1.54) is 30.9 Å². The van der Waals surface area contributed by atoms with Crippen LogP contribution in [0.2, 0.25) is 0 Å². The molecule has 1 aromatic carbocycles. The van der Waals surface area contributed by atoms with E-state index in [1.54, 1.807) is 0 Å². The molecule has 126 valence electrons. The molecule has 3 nitrogen and oxygen atoms in total. The highest BCUT2D eigenvalue weighted by Gasteiger charge is 2.12. The quantitative estimate of drug-likeness (QED) is 0.183. The van der Waals surface area contributed by atoms with Crippen molar-refractivity contribution in [2.75, 3.05) is 38.9 Å². The van der Waals surface area contributed by atoms with E-state index < -0.39 is 11.6 Å². The lowest BCUT2D eigenvalue weighted by molar-refractivity contribution is 0.0409. The first-order valence-corrected chi connectivity index (χ1v) is 11.8. The topological polar surface area (TPSA) is 27.7 Å². The first-order valence-electron chi connectivity index (χ1n) is 6.41. The van der Waals surface area contributed by atoms with E-state index in [-0.39, 0.29) is 23.7 Å². The second kappa shape index (κ2) is 12.9. The van der Waals surface area contributed by atoms with Gasteiger partial charge in [0, 0.05) is 50.5 Å². The van der Waals surface area contributed by atoms with Crippen LogP contribution in [0.1, 0.15) is 5.56 Å². The summed E-state index contributed by atoms with van der Waals surface area (Å²) in [6, 6.07) is 2.39. The third-order valence-electron chi connectivity index (χ3n) is 2.45. The van der Waals surface area contributed by atoms with E-state index in [0.717, 1.165) is 0 Å². The second-order valence-corrected chi connectivity index (χ2v) is 9.30. The Morgan fingerprint density at radius 2 is 1.59 bits per heavy atom. The van der Waals surface area contributed by atoms with Gasteiger partial charge in [-0.25, -0.2) is 8.78 Å². The standard InChI is InChI=1S/C13H16ClF2IO3S2/c14-1-2-18-3-4-19-5-6-20-10-7-12(15)11(9-21-22-17)13(16)8-10/h7-8H,1-6,9H2. The van der Waals surface area contributed by atoms with Crippen LogP contribution in [-0.4, -0.2) is 38.9 Å². The number of hydrogen-bond acceptors (Lipinski definition) is 5. The largest absolute Gasteiger partial charge is 0.491 e. The van der Waals surface area contributed by atoms with E-state index in [9.17, 15) is 8.78 Å². The van der Waals surface area contributed by atoms with Gasteiger partial charge in [0.1, 0.15) is 24.0 Å². The lowest BCUT2D eigenvalue weighted by atomic mass is 10.2. The van der Waals surface area contributed by atoms with Gasteiger partial charge >= 0.3 is 0 Å². The molecule has 0 spiro atoms. The van der Waals surface area contributed by atoms with Gasteiger partial charge in [0.15, 0.2) is 0 Å². The summed E-state index contributed by atoms with van der Waals surface area (Å²) >= 11 is 7.51. The molecule has 0 saturated heterocycles. The zero-order valence-corrected chi connectivity index (χ0v) is 16.2. The molecule has 22 heavy (non-hydrogen) atoms. The second-order valence-electron chi connectivity index (χ2n) is 3.95. The van der Waals surface area contributed by atoms with Gasteiger partial charge in [-0.3, -0.25) is 0 Å². The Morgan fingerprint density at radius 1 is 1.00 bits per heavy atom. The number of ether oxygens (including phenoxy) is 3. The molecule has 0 atom stereocenters. The number of benzene rings is 1. The monoisotopic (exact) mass is 484 g/mol. The molecule has 0 heterocycles. The van der Waals surface area contributed by atoms with Crippen LogP contribution >= 0.6 is 51.6 Å². The molecule has 0 bridgehead atoms. The van der Waals surface area contributed by atoms with Gasteiger partial charge in [0.2, 0.25) is 0 Å². The fourth-order valence-corrected chi connectivity index (χ4v) is 3.66. The normalized spacial score (nSPS) is 10.9. The van der Waals surface area contributed by atoms with Crippen molar-refractivity contribution >= 4 is 51.6 Å². The molecule has 0 aliphatic rings. The molecular weight excluding hydrogens is 469 g/mol. The van der Waals surface area contributed by atoms with Crippen LogP contribution in [0, 0.1) is 11.6 Å². The van der Waals surface area contributed by atoms with Crippen molar-refractivity contribution < 1.29 is 23.0 Å². The first kappa shape index (κ1) is 20.6. The summed E-state index contributed by atoms with van der Waals surface area (Å²) in [6.45, 7) is 1.90. The molecule has 0 fully saturated rings. The Kier molecular flexibility index (Phi) is 12.0. The van der Waals surface area contributed by atoms with Crippen LogP contribution in [0.25, 0.3) is 0 Å². The average Bonchev–Trinajstić information content (AvgIpc) is 2.49. The molecule has 1 rings (SSSR count). The van der Waals surface area contributed by atoms with Crippen molar-refractivity contribution in [3.05, 3.63) is 29.3 Å². The summed E-state index contributed by atoms with van der Waals surface area (Å²) < 4.78 is 43.2. The van der Waals surface area contributed by atoms with Gasteiger partial charge in [-0.2, -0.15) is 0 Å². The lowest BCUT2D eigenvalue weighted by Crippen LogP contribution is -2.11. The number of hydrogen-bond donors (Lipinski definition) is 0. The van der Waals surface area contributed by atoms with Gasteiger partial charge < -0.3 is 14.2 Å². The van der Waals surface area contributed by atoms with E-state index in [1.807, 2.05) is 0 Å². The summed E-state index contributed by atoms with van der Waals surface area (Å²) in [6.07, 6.45) is 0. The molecule has 0 saturated carbocycles. The van der Waals surface area contributed by atoms with E-state index in [4.69, 9.17) is 25.8 Å². The SMILES string of the molecule is Fc1cc(OCCOCCOCCCl)cc(F)c1CSSI. The summed E-state index contributed by atoms with van der Waals surface area (Å²) in [5, 5.41) is 0. The highest BCUT2D eigenvalue weighted by atomic mass is 127. The predicted molar refractivity (Wildman–Crippen MR) is 97.1 cm³/mol. The molecule has 1 aromatic rings. The molecular formula is C13H16ClF2IO3S2. The maximum absolute atomic E-state index is 13.8. The van der Waals surface area contributed by atoms with Gasteiger partial charge in [-0.1, -0.05) is 10.8 Å². The smallest absolute Gasteiger partial charge is 0.133 e. The fraction of sp³-hybridized carbons (Fsp3) is 0.538. The van der Waals surface area contributed by atoms with Gasteiger partial charge in [-0.15, -0.1) is 11.6 Å². The van der Waals surface area contributed by atoms with Crippen LogP contribution in [0.3, 0.4) is 0 Å². The van der Waals surface area contributed by atoms with E-state index in [0.29, 0.717) is 32.3 Å². The number of halogens is 4. The molecule has 9 heteroatoms. The minimum absolute atomic E-state index is 0.0641. The van der Waals surface area contributed by atoms with Gasteiger partial charge in [0.25, 0.3) is 0 Å². The first-order chi connectivity index (χ1) is 10.7. The van der Waals surface area contributed by atoms with Crippen molar-refractivity contribution in [2.24, 2.45) is 0 Å². The van der Waals surface area contributed by atoms with Crippen molar-refractivity contribution in [1.29, 1.82) is 0 Å². The van der Waals surface area contributed by atoms with Crippen molar-refractivity contribution in [3.63, 3.8) is 0 Å². The zero-order chi connectivity index (χ0) is 16.2. The van der Waals surface area contributed by atoms with Crippen LogP contribution in [0.5, 0.6) is 5.75 Å². The molecule has 0 amide bonds. The predicted octanol–water partition coefficient (Wildman–Crippen LogP) is 4.85. The van der Waals surface area contributed by atoms with Crippen molar-refractivity contribution in [2.45, 2.75) is 5.75 Å².